The van der Waals surface area contributed by atoms with Gasteiger partial charge in [-0.2, -0.15) is 0 Å². The maximum absolute atomic E-state index is 12.5. The molecule has 0 saturated heterocycles. The number of amides is 1. The van der Waals surface area contributed by atoms with Crippen LogP contribution >= 0.6 is 11.8 Å². The van der Waals surface area contributed by atoms with Crippen molar-refractivity contribution in [3.05, 3.63) is 36.6 Å². The second-order valence-corrected chi connectivity index (χ2v) is 6.97. The van der Waals surface area contributed by atoms with E-state index in [0.29, 0.717) is 33.9 Å². The number of hydrogen-bond acceptors (Lipinski definition) is 7. The number of ether oxygens (including phenoxy) is 2. The lowest BCUT2D eigenvalue weighted by molar-refractivity contribution is -0.115. The lowest BCUT2D eigenvalue weighted by atomic mass is 10.2. The molecule has 4 rings (SSSR count). The Labute approximate surface area is 153 Å². The number of thioether (sulfide) groups is 1. The van der Waals surface area contributed by atoms with E-state index >= 15 is 0 Å². The average Bonchev–Trinajstić information content (AvgIpc) is 3.36. The van der Waals surface area contributed by atoms with E-state index in [9.17, 15) is 4.79 Å². The van der Waals surface area contributed by atoms with Gasteiger partial charge in [-0.05, 0) is 31.2 Å². The first-order valence-electron chi connectivity index (χ1n) is 7.92. The van der Waals surface area contributed by atoms with Gasteiger partial charge in [-0.25, -0.2) is 0 Å². The molecule has 0 spiro atoms. The first-order chi connectivity index (χ1) is 12.6. The summed E-state index contributed by atoms with van der Waals surface area (Å²) in [4.78, 5) is 12.5. The van der Waals surface area contributed by atoms with Crippen LogP contribution in [0.15, 0.2) is 46.2 Å². The van der Waals surface area contributed by atoms with Crippen molar-refractivity contribution in [2.45, 2.75) is 17.3 Å². The minimum absolute atomic E-state index is 0.142. The van der Waals surface area contributed by atoms with Crippen molar-refractivity contribution in [3.8, 4) is 23.1 Å². The van der Waals surface area contributed by atoms with Crippen LogP contribution in [0.1, 0.15) is 6.92 Å². The highest BCUT2D eigenvalue weighted by molar-refractivity contribution is 8.00. The van der Waals surface area contributed by atoms with Gasteiger partial charge in [0.25, 0.3) is 0 Å². The number of anilines is 1. The highest BCUT2D eigenvalue weighted by Gasteiger charge is 2.21. The number of fused-ring (bicyclic) bond motifs is 1. The number of rotatable bonds is 5. The third-order valence-corrected chi connectivity index (χ3v) is 5.00. The van der Waals surface area contributed by atoms with Crippen LogP contribution in [-0.2, 0) is 11.8 Å². The largest absolute Gasteiger partial charge is 0.461 e. The van der Waals surface area contributed by atoms with Crippen molar-refractivity contribution < 1.29 is 18.7 Å². The molecule has 9 heteroatoms. The van der Waals surface area contributed by atoms with Crippen LogP contribution in [-0.4, -0.2) is 32.7 Å². The first kappa shape index (κ1) is 16.5. The van der Waals surface area contributed by atoms with Gasteiger partial charge in [-0.1, -0.05) is 11.8 Å². The number of aromatic nitrogens is 3. The molecule has 8 nitrogen and oxygen atoms in total. The Morgan fingerprint density at radius 3 is 2.92 bits per heavy atom. The van der Waals surface area contributed by atoms with Crippen LogP contribution < -0.4 is 14.8 Å². The van der Waals surface area contributed by atoms with Crippen LogP contribution in [0.3, 0.4) is 0 Å². The topological polar surface area (TPSA) is 91.4 Å². The Morgan fingerprint density at radius 1 is 1.27 bits per heavy atom. The Kier molecular flexibility index (Phi) is 4.29. The second kappa shape index (κ2) is 6.75. The first-order valence-corrected chi connectivity index (χ1v) is 8.80. The number of carbonyl (C=O) groups is 1. The van der Waals surface area contributed by atoms with Gasteiger partial charge >= 0.3 is 0 Å². The number of nitrogens with one attached hydrogen (secondary N) is 1. The van der Waals surface area contributed by atoms with E-state index in [1.54, 1.807) is 35.1 Å². The van der Waals surface area contributed by atoms with Crippen LogP contribution in [0, 0.1) is 0 Å². The lowest BCUT2D eigenvalue weighted by Gasteiger charge is -2.12. The minimum Gasteiger partial charge on any atom is -0.461 e. The van der Waals surface area contributed by atoms with Crippen molar-refractivity contribution in [1.82, 2.24) is 14.8 Å². The van der Waals surface area contributed by atoms with Crippen LogP contribution in [0.5, 0.6) is 11.5 Å². The van der Waals surface area contributed by atoms with Gasteiger partial charge in [0.15, 0.2) is 28.2 Å². The lowest BCUT2D eigenvalue weighted by Crippen LogP contribution is -2.22. The summed E-state index contributed by atoms with van der Waals surface area (Å²) in [5, 5.41) is 11.4. The number of benzene rings is 1. The fourth-order valence-electron chi connectivity index (χ4n) is 2.47. The van der Waals surface area contributed by atoms with Crippen molar-refractivity contribution in [2.75, 3.05) is 12.1 Å². The zero-order chi connectivity index (χ0) is 18.1. The second-order valence-electron chi connectivity index (χ2n) is 5.66. The Bertz CT molecular complexity index is 938. The summed E-state index contributed by atoms with van der Waals surface area (Å²) in [7, 11) is 1.84. The SMILES string of the molecule is C[C@@H](Sc1nnc(-c2ccco2)n1C)C(=O)Nc1ccc2c(c1)OCO2. The molecule has 0 aliphatic carbocycles. The molecule has 3 heterocycles. The van der Waals surface area contributed by atoms with E-state index in [2.05, 4.69) is 15.5 Å². The predicted octanol–water partition coefficient (Wildman–Crippen LogP) is 2.92. The average molecular weight is 372 g/mol. The third-order valence-electron chi connectivity index (χ3n) is 3.87. The zero-order valence-electron chi connectivity index (χ0n) is 14.1. The van der Waals surface area contributed by atoms with Gasteiger partial charge in [0.05, 0.1) is 11.5 Å². The molecule has 1 amide bonds. The van der Waals surface area contributed by atoms with Gasteiger partial charge in [0, 0.05) is 18.8 Å². The summed E-state index contributed by atoms with van der Waals surface area (Å²) in [6.07, 6.45) is 1.58. The fourth-order valence-corrected chi connectivity index (χ4v) is 3.28. The van der Waals surface area contributed by atoms with Crippen LogP contribution in [0.2, 0.25) is 0 Å². The van der Waals surface area contributed by atoms with E-state index in [1.165, 1.54) is 11.8 Å². The molecular formula is C17H16N4O4S. The molecule has 1 aliphatic heterocycles. The quantitative estimate of drug-likeness (QED) is 0.689. The molecule has 1 aromatic carbocycles. The molecule has 0 radical (unpaired) electrons. The van der Waals surface area contributed by atoms with E-state index in [4.69, 9.17) is 13.9 Å². The van der Waals surface area contributed by atoms with E-state index in [-0.39, 0.29) is 18.0 Å². The summed E-state index contributed by atoms with van der Waals surface area (Å²) in [5.74, 6) is 2.40. The molecule has 0 fully saturated rings. The zero-order valence-corrected chi connectivity index (χ0v) is 14.9. The maximum atomic E-state index is 12.5. The summed E-state index contributed by atoms with van der Waals surface area (Å²) >= 11 is 1.32. The summed E-state index contributed by atoms with van der Waals surface area (Å²) in [6, 6.07) is 8.90. The Morgan fingerprint density at radius 2 is 2.12 bits per heavy atom. The van der Waals surface area contributed by atoms with Crippen LogP contribution in [0.4, 0.5) is 5.69 Å². The van der Waals surface area contributed by atoms with Gasteiger partial charge in [0.1, 0.15) is 0 Å². The number of nitrogens with zero attached hydrogens (tertiary/aromatic N) is 3. The monoisotopic (exact) mass is 372 g/mol. The van der Waals surface area contributed by atoms with E-state index < -0.39 is 0 Å². The van der Waals surface area contributed by atoms with Crippen molar-refractivity contribution in [2.24, 2.45) is 7.05 Å². The molecule has 26 heavy (non-hydrogen) atoms. The van der Waals surface area contributed by atoms with E-state index in [0.717, 1.165) is 0 Å². The predicted molar refractivity (Wildman–Crippen MR) is 95.2 cm³/mol. The molecule has 1 aliphatic rings. The molecular weight excluding hydrogens is 356 g/mol. The number of furan rings is 1. The highest BCUT2D eigenvalue weighted by atomic mass is 32.2. The van der Waals surface area contributed by atoms with Crippen molar-refractivity contribution in [1.29, 1.82) is 0 Å². The van der Waals surface area contributed by atoms with Gasteiger partial charge in [-0.15, -0.1) is 10.2 Å². The number of hydrogen-bond donors (Lipinski definition) is 1. The minimum atomic E-state index is -0.368. The Balaban J connectivity index is 1.43. The molecule has 1 N–H and O–H groups in total. The summed E-state index contributed by atoms with van der Waals surface area (Å²) in [5.41, 5.74) is 0.654. The molecule has 0 bridgehead atoms. The molecule has 0 saturated carbocycles. The third kappa shape index (κ3) is 3.13. The molecule has 1 atom stereocenters. The van der Waals surface area contributed by atoms with Gasteiger partial charge < -0.3 is 23.8 Å². The summed E-state index contributed by atoms with van der Waals surface area (Å²) in [6.45, 7) is 2.01. The summed E-state index contributed by atoms with van der Waals surface area (Å²) < 4.78 is 17.7. The molecule has 3 aromatic rings. The van der Waals surface area contributed by atoms with Crippen molar-refractivity contribution in [3.63, 3.8) is 0 Å². The standard InChI is InChI=1S/C17H16N4O4S/c1-10(16(22)18-11-5-6-12-14(8-11)25-9-24-12)26-17-20-19-15(21(17)2)13-4-3-7-23-13/h3-8,10H,9H2,1-2H3,(H,18,22)/t10-/m1/s1. The molecule has 134 valence electrons. The Hall–Kier alpha value is -2.94. The maximum Gasteiger partial charge on any atom is 0.237 e. The van der Waals surface area contributed by atoms with Crippen molar-refractivity contribution >= 4 is 23.4 Å². The fraction of sp³-hybridized carbons (Fsp3) is 0.235. The van der Waals surface area contributed by atoms with Gasteiger partial charge in [0.2, 0.25) is 12.7 Å². The van der Waals surface area contributed by atoms with E-state index in [1.807, 2.05) is 20.0 Å². The normalized spacial score (nSPS) is 13.6. The highest BCUT2D eigenvalue weighted by Crippen LogP contribution is 2.34. The molecule has 2 aromatic heterocycles. The smallest absolute Gasteiger partial charge is 0.237 e. The van der Waals surface area contributed by atoms with Crippen LogP contribution in [0.25, 0.3) is 11.6 Å². The molecule has 0 unspecified atom stereocenters. The van der Waals surface area contributed by atoms with Gasteiger partial charge in [-0.3, -0.25) is 4.79 Å². The number of carbonyl (C=O) groups excluding carboxylic acids is 1.